The second kappa shape index (κ2) is 8.58. The van der Waals surface area contributed by atoms with Crippen LogP contribution in [0.1, 0.15) is 27.4 Å². The minimum absolute atomic E-state index is 0.0181. The Balaban J connectivity index is 1.49. The number of benzene rings is 3. The average Bonchev–Trinajstić information content (AvgIpc) is 3.06. The number of hydrogen-bond acceptors (Lipinski definition) is 4. The topological polar surface area (TPSA) is 75.6 Å². The summed E-state index contributed by atoms with van der Waals surface area (Å²) in [5.74, 6) is -1.65. The molecule has 3 aromatic rings. The summed E-state index contributed by atoms with van der Waals surface area (Å²) in [6, 6.07) is 18.6. The SMILES string of the molecule is O=C(Nc1ccc(SC(F)(F)F)cc1C(=O)O)OCC1c2ccccc2-c2ccccc21. The van der Waals surface area contributed by atoms with Crippen molar-refractivity contribution in [2.75, 3.05) is 11.9 Å². The Bertz CT molecular complexity index is 1150. The number of carboxylic acids is 1. The van der Waals surface area contributed by atoms with Gasteiger partial charge in [0.25, 0.3) is 0 Å². The fourth-order valence-corrected chi connectivity index (χ4v) is 4.33. The molecule has 1 aliphatic rings. The van der Waals surface area contributed by atoms with Crippen molar-refractivity contribution in [1.82, 2.24) is 0 Å². The first kappa shape index (κ1) is 21.8. The normalized spacial score (nSPS) is 12.7. The zero-order valence-electron chi connectivity index (χ0n) is 16.3. The number of aromatic carboxylic acids is 1. The molecule has 0 saturated carbocycles. The molecular formula is C23H16F3NO4S. The summed E-state index contributed by atoms with van der Waals surface area (Å²) in [6.07, 6.45) is -0.898. The predicted molar refractivity (Wildman–Crippen MR) is 114 cm³/mol. The van der Waals surface area contributed by atoms with Crippen LogP contribution in [0.5, 0.6) is 0 Å². The molecule has 0 fully saturated rings. The summed E-state index contributed by atoms with van der Waals surface area (Å²) >= 11 is -0.433. The first-order valence-corrected chi connectivity index (χ1v) is 10.3. The molecule has 0 bridgehead atoms. The molecule has 0 radical (unpaired) electrons. The van der Waals surface area contributed by atoms with Gasteiger partial charge in [0.2, 0.25) is 0 Å². The van der Waals surface area contributed by atoms with Gasteiger partial charge in [-0.1, -0.05) is 48.5 Å². The standard InChI is InChI=1S/C23H16F3NO4S/c24-23(25,26)32-13-9-10-20(18(11-13)21(28)29)27-22(30)31-12-19-16-7-3-1-5-14(16)15-6-2-4-8-17(15)19/h1-11,19H,12H2,(H,27,30)(H,28,29). The van der Waals surface area contributed by atoms with Crippen LogP contribution < -0.4 is 5.32 Å². The predicted octanol–water partition coefficient (Wildman–Crippen LogP) is 6.36. The minimum atomic E-state index is -4.56. The van der Waals surface area contributed by atoms with Gasteiger partial charge in [0.05, 0.1) is 11.3 Å². The average molecular weight is 459 g/mol. The molecule has 0 aromatic heterocycles. The number of thioether (sulfide) groups is 1. The lowest BCUT2D eigenvalue weighted by atomic mass is 9.98. The van der Waals surface area contributed by atoms with Crippen LogP contribution >= 0.6 is 11.8 Å². The molecule has 0 unspecified atom stereocenters. The van der Waals surface area contributed by atoms with Crippen LogP contribution in [0.3, 0.4) is 0 Å². The Morgan fingerprint density at radius 3 is 2.12 bits per heavy atom. The van der Waals surface area contributed by atoms with Gasteiger partial charge >= 0.3 is 17.6 Å². The second-order valence-electron chi connectivity index (χ2n) is 7.01. The van der Waals surface area contributed by atoms with Crippen LogP contribution in [0.15, 0.2) is 71.6 Å². The van der Waals surface area contributed by atoms with Crippen molar-refractivity contribution in [3.05, 3.63) is 83.4 Å². The number of ether oxygens (including phenoxy) is 1. The van der Waals surface area contributed by atoms with E-state index in [9.17, 15) is 27.9 Å². The third kappa shape index (κ3) is 4.57. The van der Waals surface area contributed by atoms with Gasteiger partial charge in [-0.05, 0) is 52.2 Å². The highest BCUT2D eigenvalue weighted by Crippen LogP contribution is 2.44. The smallest absolute Gasteiger partial charge is 0.446 e. The van der Waals surface area contributed by atoms with Gasteiger partial charge in [-0.15, -0.1) is 0 Å². The van der Waals surface area contributed by atoms with Crippen LogP contribution in [0.4, 0.5) is 23.7 Å². The minimum Gasteiger partial charge on any atom is -0.478 e. The lowest BCUT2D eigenvalue weighted by Crippen LogP contribution is -2.19. The first-order chi connectivity index (χ1) is 15.2. The third-order valence-electron chi connectivity index (χ3n) is 5.04. The molecule has 0 spiro atoms. The number of carbonyl (C=O) groups is 2. The maximum absolute atomic E-state index is 12.6. The fraction of sp³-hybridized carbons (Fsp3) is 0.130. The van der Waals surface area contributed by atoms with E-state index >= 15 is 0 Å². The second-order valence-corrected chi connectivity index (χ2v) is 8.15. The first-order valence-electron chi connectivity index (χ1n) is 9.48. The summed E-state index contributed by atoms with van der Waals surface area (Å²) in [4.78, 5) is 23.6. The highest BCUT2D eigenvalue weighted by atomic mass is 32.2. The van der Waals surface area contributed by atoms with Crippen molar-refractivity contribution >= 4 is 29.5 Å². The number of amides is 1. The van der Waals surface area contributed by atoms with E-state index in [1.54, 1.807) is 0 Å². The van der Waals surface area contributed by atoms with Crippen molar-refractivity contribution < 1.29 is 32.6 Å². The monoisotopic (exact) mass is 459 g/mol. The summed E-state index contributed by atoms with van der Waals surface area (Å²) in [5.41, 5.74) is -1.03. The number of rotatable bonds is 5. The molecule has 1 aliphatic carbocycles. The Morgan fingerprint density at radius 1 is 0.969 bits per heavy atom. The van der Waals surface area contributed by atoms with E-state index in [1.165, 1.54) is 0 Å². The maximum atomic E-state index is 12.6. The van der Waals surface area contributed by atoms with E-state index in [2.05, 4.69) is 5.32 Å². The number of alkyl halides is 3. The van der Waals surface area contributed by atoms with Crippen molar-refractivity contribution in [2.45, 2.75) is 16.3 Å². The van der Waals surface area contributed by atoms with Gasteiger partial charge in [0, 0.05) is 10.8 Å². The van der Waals surface area contributed by atoms with Crippen molar-refractivity contribution in [3.63, 3.8) is 0 Å². The Labute approximate surface area is 185 Å². The molecule has 164 valence electrons. The zero-order valence-corrected chi connectivity index (χ0v) is 17.2. The van der Waals surface area contributed by atoms with Crippen LogP contribution in [0.2, 0.25) is 0 Å². The molecule has 1 amide bonds. The molecule has 0 saturated heterocycles. The number of halogens is 3. The van der Waals surface area contributed by atoms with Gasteiger partial charge in [-0.25, -0.2) is 9.59 Å². The fourth-order valence-electron chi connectivity index (χ4n) is 3.75. The number of hydrogen-bond donors (Lipinski definition) is 2. The van der Waals surface area contributed by atoms with Gasteiger partial charge < -0.3 is 9.84 Å². The Hall–Kier alpha value is -3.46. The van der Waals surface area contributed by atoms with E-state index in [0.29, 0.717) is 0 Å². The lowest BCUT2D eigenvalue weighted by Gasteiger charge is -2.15. The van der Waals surface area contributed by atoms with Crippen molar-refractivity contribution in [3.8, 4) is 11.1 Å². The molecule has 9 heteroatoms. The third-order valence-corrected chi connectivity index (χ3v) is 5.76. The maximum Gasteiger partial charge on any atom is 0.446 e. The van der Waals surface area contributed by atoms with E-state index in [-0.39, 0.29) is 23.1 Å². The van der Waals surface area contributed by atoms with Gasteiger partial charge in [0.15, 0.2) is 0 Å². The molecule has 0 atom stereocenters. The van der Waals surface area contributed by atoms with Crippen LogP contribution in [-0.4, -0.2) is 29.3 Å². The van der Waals surface area contributed by atoms with Crippen LogP contribution in [-0.2, 0) is 4.74 Å². The van der Waals surface area contributed by atoms with E-state index in [1.807, 2.05) is 48.5 Å². The van der Waals surface area contributed by atoms with E-state index in [0.717, 1.165) is 40.5 Å². The van der Waals surface area contributed by atoms with Gasteiger partial charge in [-0.3, -0.25) is 5.32 Å². The number of carboxylic acid groups (broad SMARTS) is 1. The van der Waals surface area contributed by atoms with Crippen LogP contribution in [0.25, 0.3) is 11.1 Å². The summed E-state index contributed by atoms with van der Waals surface area (Å²) in [6.45, 7) is 0.0181. The molecule has 5 nitrogen and oxygen atoms in total. The Morgan fingerprint density at radius 2 is 1.56 bits per heavy atom. The molecule has 0 heterocycles. The summed E-state index contributed by atoms with van der Waals surface area (Å²) in [5, 5.41) is 11.7. The summed E-state index contributed by atoms with van der Waals surface area (Å²) < 4.78 is 43.1. The molecule has 3 aromatic carbocycles. The number of nitrogens with one attached hydrogen (secondary N) is 1. The highest BCUT2D eigenvalue weighted by molar-refractivity contribution is 8.00. The molecular weight excluding hydrogens is 443 g/mol. The van der Waals surface area contributed by atoms with Crippen LogP contribution in [0, 0.1) is 0 Å². The zero-order chi connectivity index (χ0) is 22.9. The number of fused-ring (bicyclic) bond motifs is 3. The van der Waals surface area contributed by atoms with Crippen molar-refractivity contribution in [1.29, 1.82) is 0 Å². The largest absolute Gasteiger partial charge is 0.478 e. The Kier molecular flexibility index (Phi) is 5.84. The summed E-state index contributed by atoms with van der Waals surface area (Å²) in [7, 11) is 0. The quantitative estimate of drug-likeness (QED) is 0.435. The van der Waals surface area contributed by atoms with Gasteiger partial charge in [-0.2, -0.15) is 13.2 Å². The van der Waals surface area contributed by atoms with Crippen molar-refractivity contribution in [2.24, 2.45) is 0 Å². The lowest BCUT2D eigenvalue weighted by molar-refractivity contribution is -0.0328. The highest BCUT2D eigenvalue weighted by Gasteiger charge is 2.31. The molecule has 32 heavy (non-hydrogen) atoms. The number of anilines is 1. The van der Waals surface area contributed by atoms with Gasteiger partial charge in [0.1, 0.15) is 6.61 Å². The van der Waals surface area contributed by atoms with E-state index < -0.39 is 34.9 Å². The molecule has 2 N–H and O–H groups in total. The number of carbonyl (C=O) groups excluding carboxylic acids is 1. The molecule has 0 aliphatic heterocycles. The molecule has 4 rings (SSSR count). The van der Waals surface area contributed by atoms with E-state index in [4.69, 9.17) is 4.74 Å².